The number of hydrogen-bond donors (Lipinski definition) is 0. The van der Waals surface area contributed by atoms with Crippen LogP contribution in [0, 0.1) is 0 Å². The smallest absolute Gasteiger partial charge is 0.183 e. The van der Waals surface area contributed by atoms with Crippen LogP contribution in [0.1, 0.15) is 97.8 Å². The lowest BCUT2D eigenvalue weighted by Gasteiger charge is -2.07. The molecule has 0 aliphatic carbocycles. The number of ether oxygens (including phenoxy) is 2. The van der Waals surface area contributed by atoms with Crippen LogP contribution in [-0.4, -0.2) is 30.3 Å². The summed E-state index contributed by atoms with van der Waals surface area (Å²) in [6.45, 7) is 7.28. The van der Waals surface area contributed by atoms with Crippen molar-refractivity contribution in [1.82, 2.24) is 0 Å². The van der Waals surface area contributed by atoms with E-state index in [1.165, 1.54) is 64.2 Å². The number of nitrogens with zero attached hydrogens (tertiary/aromatic N) is 1. The third kappa shape index (κ3) is 8.89. The first-order valence-electron chi connectivity index (χ1n) is 10.6. The topological polar surface area (TPSA) is 34.1 Å². The quantitative estimate of drug-likeness (QED) is 0.212. The zero-order chi connectivity index (χ0) is 18.0. The third-order valence-corrected chi connectivity index (χ3v) is 5.10. The summed E-state index contributed by atoms with van der Waals surface area (Å²) in [7, 11) is 0. The Bertz CT molecular complexity index is 428. The van der Waals surface area contributed by atoms with Gasteiger partial charge < -0.3 is 9.47 Å². The lowest BCUT2D eigenvalue weighted by Crippen LogP contribution is -2.17. The van der Waals surface area contributed by atoms with Gasteiger partial charge in [-0.2, -0.15) is 0 Å². The van der Waals surface area contributed by atoms with Crippen LogP contribution in [0.15, 0.2) is 17.1 Å². The average molecular weight is 350 g/mol. The van der Waals surface area contributed by atoms with E-state index < -0.39 is 0 Å². The zero-order valence-corrected chi connectivity index (χ0v) is 16.8. The molecule has 2 aliphatic rings. The van der Waals surface area contributed by atoms with Gasteiger partial charge in [0, 0.05) is 6.42 Å². The Kier molecular flexibility index (Phi) is 9.02. The molecule has 3 nitrogen and oxygen atoms in total. The molecule has 0 amide bonds. The fraction of sp³-hybridized carbons (Fsp3) is 0.864. The van der Waals surface area contributed by atoms with Crippen molar-refractivity contribution in [2.45, 2.75) is 116 Å². The summed E-state index contributed by atoms with van der Waals surface area (Å²) in [6.07, 6.45) is 20.9. The first-order valence-corrected chi connectivity index (χ1v) is 10.6. The normalized spacial score (nSPS) is 24.5. The highest BCUT2D eigenvalue weighted by Gasteiger charge is 2.36. The van der Waals surface area contributed by atoms with Crippen molar-refractivity contribution < 1.29 is 9.47 Å². The van der Waals surface area contributed by atoms with Crippen molar-refractivity contribution in [3.8, 4) is 0 Å². The zero-order valence-electron chi connectivity index (χ0n) is 16.8. The van der Waals surface area contributed by atoms with Crippen LogP contribution in [-0.2, 0) is 9.47 Å². The van der Waals surface area contributed by atoms with E-state index in [4.69, 9.17) is 9.47 Å². The summed E-state index contributed by atoms with van der Waals surface area (Å²) in [4.78, 5) is 4.61. The molecule has 2 aliphatic heterocycles. The Morgan fingerprint density at radius 2 is 1.80 bits per heavy atom. The molecule has 1 fully saturated rings. The molecule has 0 saturated carbocycles. The summed E-state index contributed by atoms with van der Waals surface area (Å²) in [5.74, 6) is 0.975. The van der Waals surface area contributed by atoms with Gasteiger partial charge in [0.05, 0.1) is 17.7 Å². The molecule has 0 aromatic heterocycles. The van der Waals surface area contributed by atoms with Crippen molar-refractivity contribution in [2.75, 3.05) is 6.61 Å². The largest absolute Gasteiger partial charge is 0.478 e. The van der Waals surface area contributed by atoms with Gasteiger partial charge in [-0.15, -0.1) is 0 Å². The standard InChI is InChI=1S/C22H39NO2/c1-4-5-12-15-19-20(25-19)16-13-10-8-6-7-9-11-14-17-21-23-22(2,3)18-24-21/h10,13,19-20H,4-9,11-12,14-18H2,1-3H3/b13-10-. The number of hydrogen-bond acceptors (Lipinski definition) is 3. The molecule has 1 saturated heterocycles. The number of allylic oxidation sites excluding steroid dienone is 1. The SMILES string of the molecule is CCCCCC1OC1C/C=C\CCCCCCCC1=NC(C)(C)CO1. The first-order chi connectivity index (χ1) is 12.1. The van der Waals surface area contributed by atoms with Gasteiger partial charge in [-0.05, 0) is 46.0 Å². The molecule has 2 rings (SSSR count). The van der Waals surface area contributed by atoms with E-state index in [0.717, 1.165) is 25.3 Å². The maximum absolute atomic E-state index is 5.72. The van der Waals surface area contributed by atoms with Crippen LogP contribution in [0.4, 0.5) is 0 Å². The van der Waals surface area contributed by atoms with Gasteiger partial charge in [0.2, 0.25) is 0 Å². The molecule has 144 valence electrons. The Morgan fingerprint density at radius 3 is 2.56 bits per heavy atom. The fourth-order valence-electron chi connectivity index (χ4n) is 3.44. The second kappa shape index (κ2) is 11.0. The minimum atomic E-state index is 0.00268. The van der Waals surface area contributed by atoms with E-state index in [-0.39, 0.29) is 5.54 Å². The van der Waals surface area contributed by atoms with Gasteiger partial charge in [0.15, 0.2) is 5.90 Å². The van der Waals surface area contributed by atoms with Gasteiger partial charge >= 0.3 is 0 Å². The van der Waals surface area contributed by atoms with Gasteiger partial charge in [-0.3, -0.25) is 0 Å². The second-order valence-corrected chi connectivity index (χ2v) is 8.33. The van der Waals surface area contributed by atoms with Gasteiger partial charge in [-0.25, -0.2) is 4.99 Å². The van der Waals surface area contributed by atoms with Crippen LogP contribution < -0.4 is 0 Å². The molecule has 2 unspecified atom stereocenters. The molecule has 2 atom stereocenters. The van der Waals surface area contributed by atoms with Gasteiger partial charge in [0.1, 0.15) is 6.61 Å². The van der Waals surface area contributed by atoms with Crippen molar-refractivity contribution in [3.63, 3.8) is 0 Å². The second-order valence-electron chi connectivity index (χ2n) is 8.33. The van der Waals surface area contributed by atoms with Crippen LogP contribution in [0.2, 0.25) is 0 Å². The Hall–Kier alpha value is -0.830. The van der Waals surface area contributed by atoms with Crippen molar-refractivity contribution in [2.24, 2.45) is 4.99 Å². The van der Waals surface area contributed by atoms with E-state index >= 15 is 0 Å². The summed E-state index contributed by atoms with van der Waals surface area (Å²) in [6, 6.07) is 0. The Morgan fingerprint density at radius 1 is 1.00 bits per heavy atom. The molecule has 2 heterocycles. The van der Waals surface area contributed by atoms with Crippen molar-refractivity contribution >= 4 is 5.90 Å². The number of epoxide rings is 1. The molecule has 3 heteroatoms. The van der Waals surface area contributed by atoms with Gasteiger partial charge in [0.25, 0.3) is 0 Å². The Labute approximate surface area is 155 Å². The molecule has 0 aromatic rings. The monoisotopic (exact) mass is 349 g/mol. The van der Waals surface area contributed by atoms with E-state index in [2.05, 4.69) is 37.9 Å². The lowest BCUT2D eigenvalue weighted by molar-refractivity contribution is 0.273. The number of rotatable bonds is 14. The number of unbranched alkanes of at least 4 members (excludes halogenated alkanes) is 7. The van der Waals surface area contributed by atoms with Crippen molar-refractivity contribution in [3.05, 3.63) is 12.2 Å². The van der Waals surface area contributed by atoms with E-state index in [9.17, 15) is 0 Å². The average Bonchev–Trinajstić information content (AvgIpc) is 3.23. The van der Waals surface area contributed by atoms with Crippen LogP contribution in [0.3, 0.4) is 0 Å². The Balaban J connectivity index is 1.35. The molecular formula is C22H39NO2. The summed E-state index contributed by atoms with van der Waals surface area (Å²) >= 11 is 0. The maximum atomic E-state index is 5.72. The van der Waals surface area contributed by atoms with Crippen LogP contribution in [0.5, 0.6) is 0 Å². The summed E-state index contributed by atoms with van der Waals surface area (Å²) < 4.78 is 11.3. The first kappa shape index (κ1) is 20.5. The molecule has 0 bridgehead atoms. The maximum Gasteiger partial charge on any atom is 0.183 e. The molecule has 0 spiro atoms. The van der Waals surface area contributed by atoms with Crippen molar-refractivity contribution in [1.29, 1.82) is 0 Å². The molecule has 25 heavy (non-hydrogen) atoms. The minimum Gasteiger partial charge on any atom is -0.478 e. The highest BCUT2D eigenvalue weighted by molar-refractivity contribution is 5.78. The predicted molar refractivity (Wildman–Crippen MR) is 106 cm³/mol. The highest BCUT2D eigenvalue weighted by atomic mass is 16.6. The molecule has 0 aromatic carbocycles. The van der Waals surface area contributed by atoms with Crippen LogP contribution in [0.25, 0.3) is 0 Å². The van der Waals surface area contributed by atoms with E-state index in [1.807, 2.05) is 0 Å². The predicted octanol–water partition coefficient (Wildman–Crippen LogP) is 6.22. The number of aliphatic imine (C=N–C) groups is 1. The lowest BCUT2D eigenvalue weighted by atomic mass is 10.1. The highest BCUT2D eigenvalue weighted by Crippen LogP contribution is 2.30. The molecular weight excluding hydrogens is 310 g/mol. The van der Waals surface area contributed by atoms with Crippen LogP contribution >= 0.6 is 0 Å². The van der Waals surface area contributed by atoms with E-state index in [0.29, 0.717) is 12.2 Å². The fourth-order valence-corrected chi connectivity index (χ4v) is 3.44. The third-order valence-electron chi connectivity index (χ3n) is 5.10. The minimum absolute atomic E-state index is 0.00268. The summed E-state index contributed by atoms with van der Waals surface area (Å²) in [5, 5.41) is 0. The molecule has 0 N–H and O–H groups in total. The van der Waals surface area contributed by atoms with E-state index in [1.54, 1.807) is 0 Å². The van der Waals surface area contributed by atoms with Gasteiger partial charge in [-0.1, -0.05) is 57.6 Å². The molecule has 0 radical (unpaired) electrons. The summed E-state index contributed by atoms with van der Waals surface area (Å²) in [5.41, 5.74) is 0.00268.